The van der Waals surface area contributed by atoms with E-state index >= 15 is 0 Å². The summed E-state index contributed by atoms with van der Waals surface area (Å²) in [6.45, 7) is 5.64. The van der Waals surface area contributed by atoms with Crippen LogP contribution in [0.3, 0.4) is 0 Å². The smallest absolute Gasteiger partial charge is 0.0701 e. The van der Waals surface area contributed by atoms with E-state index in [1.807, 2.05) is 0 Å². The molecule has 1 N–H and O–H groups in total. The van der Waals surface area contributed by atoms with Gasteiger partial charge in [0.25, 0.3) is 0 Å². The van der Waals surface area contributed by atoms with Gasteiger partial charge in [-0.15, -0.1) is 0 Å². The molecule has 0 aromatic carbocycles. The fourth-order valence-corrected chi connectivity index (χ4v) is 4.81. The van der Waals surface area contributed by atoms with Crippen molar-refractivity contribution in [3.8, 4) is 0 Å². The van der Waals surface area contributed by atoms with E-state index in [1.165, 1.54) is 37.2 Å². The average molecular weight is 257 g/mol. The zero-order valence-corrected chi connectivity index (χ0v) is 12.3. The van der Waals surface area contributed by atoms with E-state index in [9.17, 15) is 0 Å². The molecular formula is C14H27NOS. The van der Waals surface area contributed by atoms with Gasteiger partial charge >= 0.3 is 0 Å². The SMILES string of the molecule is CNC(C(C)C)C1CCOC2(CCSCC2)C1. The first-order chi connectivity index (χ1) is 8.17. The van der Waals surface area contributed by atoms with Gasteiger partial charge in [0, 0.05) is 12.6 Å². The molecule has 2 heterocycles. The number of thioether (sulfide) groups is 1. The predicted octanol–water partition coefficient (Wildman–Crippen LogP) is 2.92. The molecule has 17 heavy (non-hydrogen) atoms. The molecule has 1 spiro atoms. The highest BCUT2D eigenvalue weighted by Gasteiger charge is 2.41. The first kappa shape index (κ1) is 13.7. The Balaban J connectivity index is 2.00. The number of hydrogen-bond donors (Lipinski definition) is 1. The second-order valence-electron chi connectivity index (χ2n) is 5.96. The van der Waals surface area contributed by atoms with Crippen molar-refractivity contribution in [2.45, 2.75) is 51.2 Å². The molecule has 2 saturated heterocycles. The lowest BCUT2D eigenvalue weighted by molar-refractivity contribution is -0.109. The molecule has 0 aromatic rings. The summed E-state index contributed by atoms with van der Waals surface area (Å²) >= 11 is 2.09. The Morgan fingerprint density at radius 3 is 2.59 bits per heavy atom. The Morgan fingerprint density at radius 2 is 2.00 bits per heavy atom. The van der Waals surface area contributed by atoms with Gasteiger partial charge in [0.1, 0.15) is 0 Å². The Bertz CT molecular complexity index is 233. The lowest BCUT2D eigenvalue weighted by Crippen LogP contribution is -2.49. The molecular weight excluding hydrogens is 230 g/mol. The van der Waals surface area contributed by atoms with Crippen LogP contribution in [0, 0.1) is 11.8 Å². The monoisotopic (exact) mass is 257 g/mol. The summed E-state index contributed by atoms with van der Waals surface area (Å²) in [4.78, 5) is 0. The quantitative estimate of drug-likeness (QED) is 0.840. The molecule has 2 nitrogen and oxygen atoms in total. The zero-order valence-electron chi connectivity index (χ0n) is 11.5. The van der Waals surface area contributed by atoms with Crippen LogP contribution in [-0.2, 0) is 4.74 Å². The van der Waals surface area contributed by atoms with Crippen LogP contribution in [-0.4, -0.2) is 36.8 Å². The average Bonchev–Trinajstić information content (AvgIpc) is 2.30. The molecule has 2 aliphatic heterocycles. The van der Waals surface area contributed by atoms with Gasteiger partial charge in [-0.2, -0.15) is 11.8 Å². The molecule has 2 unspecified atom stereocenters. The second kappa shape index (κ2) is 5.94. The molecule has 0 radical (unpaired) electrons. The Kier molecular flexibility index (Phi) is 4.79. The van der Waals surface area contributed by atoms with Crippen molar-refractivity contribution < 1.29 is 4.74 Å². The molecule has 0 aromatic heterocycles. The summed E-state index contributed by atoms with van der Waals surface area (Å²) in [5.41, 5.74) is 0.234. The van der Waals surface area contributed by atoms with Gasteiger partial charge in [-0.05, 0) is 56.1 Å². The molecule has 0 bridgehead atoms. The van der Waals surface area contributed by atoms with Crippen LogP contribution in [0.2, 0.25) is 0 Å². The van der Waals surface area contributed by atoms with Crippen molar-refractivity contribution >= 4 is 11.8 Å². The lowest BCUT2D eigenvalue weighted by Gasteiger charge is -2.46. The second-order valence-corrected chi connectivity index (χ2v) is 7.18. The maximum atomic E-state index is 6.17. The van der Waals surface area contributed by atoms with E-state index in [1.54, 1.807) is 0 Å². The molecule has 2 atom stereocenters. The fourth-order valence-electron chi connectivity index (χ4n) is 3.58. The van der Waals surface area contributed by atoms with Crippen LogP contribution in [0.5, 0.6) is 0 Å². The van der Waals surface area contributed by atoms with E-state index in [0.717, 1.165) is 18.4 Å². The minimum Gasteiger partial charge on any atom is -0.375 e. The van der Waals surface area contributed by atoms with Crippen molar-refractivity contribution in [1.82, 2.24) is 5.32 Å². The van der Waals surface area contributed by atoms with Gasteiger partial charge in [-0.3, -0.25) is 0 Å². The third-order valence-corrected chi connectivity index (χ3v) is 5.48. The Morgan fingerprint density at radius 1 is 1.29 bits per heavy atom. The van der Waals surface area contributed by atoms with Gasteiger partial charge < -0.3 is 10.1 Å². The van der Waals surface area contributed by atoms with E-state index in [-0.39, 0.29) is 5.60 Å². The molecule has 0 aliphatic carbocycles. The summed E-state index contributed by atoms with van der Waals surface area (Å²) in [6.07, 6.45) is 5.04. The van der Waals surface area contributed by atoms with E-state index < -0.39 is 0 Å². The molecule has 0 saturated carbocycles. The van der Waals surface area contributed by atoms with E-state index in [2.05, 4.69) is 38.0 Å². The lowest BCUT2D eigenvalue weighted by atomic mass is 9.76. The number of hydrogen-bond acceptors (Lipinski definition) is 3. The molecule has 100 valence electrons. The third kappa shape index (κ3) is 3.18. The van der Waals surface area contributed by atoms with Gasteiger partial charge in [0.15, 0.2) is 0 Å². The predicted molar refractivity (Wildman–Crippen MR) is 75.7 cm³/mol. The van der Waals surface area contributed by atoms with Crippen LogP contribution in [0.4, 0.5) is 0 Å². The van der Waals surface area contributed by atoms with Crippen molar-refractivity contribution in [3.63, 3.8) is 0 Å². The Labute approximate surface area is 110 Å². The molecule has 2 aliphatic rings. The first-order valence-electron chi connectivity index (χ1n) is 7.06. The van der Waals surface area contributed by atoms with Gasteiger partial charge in [-0.25, -0.2) is 0 Å². The minimum absolute atomic E-state index is 0.234. The van der Waals surface area contributed by atoms with Crippen molar-refractivity contribution in [2.75, 3.05) is 25.2 Å². The van der Waals surface area contributed by atoms with Crippen molar-refractivity contribution in [3.05, 3.63) is 0 Å². The highest BCUT2D eigenvalue weighted by Crippen LogP contribution is 2.41. The van der Waals surface area contributed by atoms with Crippen molar-refractivity contribution in [1.29, 1.82) is 0 Å². The maximum absolute atomic E-state index is 6.17. The minimum atomic E-state index is 0.234. The standard InChI is InChI=1S/C14H27NOS/c1-11(2)13(15-3)12-4-7-16-14(10-12)5-8-17-9-6-14/h11-13,15H,4-10H2,1-3H3. The zero-order chi connectivity index (χ0) is 12.3. The summed E-state index contributed by atoms with van der Waals surface area (Å²) < 4.78 is 6.17. The number of ether oxygens (including phenoxy) is 1. The summed E-state index contributed by atoms with van der Waals surface area (Å²) in [7, 11) is 2.11. The van der Waals surface area contributed by atoms with Crippen LogP contribution in [0.1, 0.15) is 39.5 Å². The highest BCUT2D eigenvalue weighted by atomic mass is 32.2. The van der Waals surface area contributed by atoms with Gasteiger partial charge in [-0.1, -0.05) is 13.8 Å². The normalized spacial score (nSPS) is 30.7. The van der Waals surface area contributed by atoms with E-state index in [4.69, 9.17) is 4.74 Å². The molecule has 2 rings (SSSR count). The molecule has 0 amide bonds. The number of rotatable bonds is 3. The largest absolute Gasteiger partial charge is 0.375 e. The van der Waals surface area contributed by atoms with E-state index in [0.29, 0.717) is 6.04 Å². The summed E-state index contributed by atoms with van der Waals surface area (Å²) in [5, 5.41) is 3.53. The Hall–Kier alpha value is 0.270. The van der Waals surface area contributed by atoms with Gasteiger partial charge in [0.2, 0.25) is 0 Å². The van der Waals surface area contributed by atoms with Crippen molar-refractivity contribution in [2.24, 2.45) is 11.8 Å². The topological polar surface area (TPSA) is 21.3 Å². The van der Waals surface area contributed by atoms with Crippen LogP contribution in [0.25, 0.3) is 0 Å². The number of nitrogens with one attached hydrogen (secondary N) is 1. The third-order valence-electron chi connectivity index (χ3n) is 4.49. The van der Waals surface area contributed by atoms with Gasteiger partial charge in [0.05, 0.1) is 5.60 Å². The van der Waals surface area contributed by atoms with Crippen LogP contribution >= 0.6 is 11.8 Å². The fraction of sp³-hybridized carbons (Fsp3) is 1.00. The highest BCUT2D eigenvalue weighted by molar-refractivity contribution is 7.99. The maximum Gasteiger partial charge on any atom is 0.0701 e. The summed E-state index contributed by atoms with van der Waals surface area (Å²) in [6, 6.07) is 0.658. The molecule has 3 heteroatoms. The molecule has 2 fully saturated rings. The first-order valence-corrected chi connectivity index (χ1v) is 8.21. The summed E-state index contributed by atoms with van der Waals surface area (Å²) in [5.74, 6) is 4.10. The van der Waals surface area contributed by atoms with Crippen LogP contribution in [0.15, 0.2) is 0 Å². The van der Waals surface area contributed by atoms with Crippen LogP contribution < -0.4 is 5.32 Å².